The summed E-state index contributed by atoms with van der Waals surface area (Å²) < 4.78 is 0. The maximum absolute atomic E-state index is 12.2. The average molecular weight is 272 g/mol. The molecule has 1 aliphatic heterocycles. The summed E-state index contributed by atoms with van der Waals surface area (Å²) >= 11 is 0. The maximum Gasteiger partial charge on any atom is 0.326 e. The largest absolute Gasteiger partial charge is 0.480 e. The Morgan fingerprint density at radius 3 is 2.63 bits per heavy atom. The number of likely N-dealkylation sites (tertiary alicyclic amines) is 1. The summed E-state index contributed by atoms with van der Waals surface area (Å²) in [6.07, 6.45) is 4.71. The monoisotopic (exact) mass is 272 g/mol. The highest BCUT2D eigenvalue weighted by molar-refractivity contribution is 5.82. The first-order valence-corrected chi connectivity index (χ1v) is 6.93. The smallest absolute Gasteiger partial charge is 0.326 e. The number of hydrogen-bond acceptors (Lipinski definition) is 3. The van der Waals surface area contributed by atoms with Gasteiger partial charge >= 0.3 is 12.0 Å². The Hall–Kier alpha value is -1.30. The highest BCUT2D eigenvalue weighted by atomic mass is 16.4. The van der Waals surface area contributed by atoms with Crippen molar-refractivity contribution in [3.8, 4) is 0 Å². The molecule has 0 radical (unpaired) electrons. The van der Waals surface area contributed by atoms with Crippen molar-refractivity contribution in [3.05, 3.63) is 0 Å². The lowest BCUT2D eigenvalue weighted by molar-refractivity contribution is -0.143. The van der Waals surface area contributed by atoms with Crippen molar-refractivity contribution >= 4 is 12.0 Å². The number of aliphatic hydroxyl groups is 1. The zero-order chi connectivity index (χ0) is 14.3. The van der Waals surface area contributed by atoms with Crippen molar-refractivity contribution in [1.82, 2.24) is 9.80 Å². The zero-order valence-corrected chi connectivity index (χ0v) is 11.5. The van der Waals surface area contributed by atoms with Crippen molar-refractivity contribution < 1.29 is 19.8 Å². The van der Waals surface area contributed by atoms with Gasteiger partial charge in [0.25, 0.3) is 0 Å². The molecule has 1 rings (SSSR count). The zero-order valence-electron chi connectivity index (χ0n) is 11.5. The van der Waals surface area contributed by atoms with Crippen molar-refractivity contribution in [2.24, 2.45) is 0 Å². The fourth-order valence-electron chi connectivity index (χ4n) is 2.37. The van der Waals surface area contributed by atoms with Gasteiger partial charge in [0, 0.05) is 26.7 Å². The Kier molecular flexibility index (Phi) is 6.62. The standard InChI is InChI=1S/C13H24N2O4/c1-14(8-4-2-6-10-16)13(19)15-9-5-3-7-11(15)12(17)18/h11,16H,2-10H2,1H3,(H,17,18). The molecule has 19 heavy (non-hydrogen) atoms. The Labute approximate surface area is 114 Å². The molecule has 1 fully saturated rings. The molecule has 2 amide bonds. The van der Waals surface area contributed by atoms with Crippen LogP contribution in [0.4, 0.5) is 4.79 Å². The number of carboxylic acid groups (broad SMARTS) is 1. The molecule has 1 aliphatic rings. The molecular formula is C13H24N2O4. The van der Waals surface area contributed by atoms with E-state index in [1.165, 1.54) is 4.90 Å². The fraction of sp³-hybridized carbons (Fsp3) is 0.846. The maximum atomic E-state index is 12.2. The van der Waals surface area contributed by atoms with E-state index in [0.717, 1.165) is 32.1 Å². The number of carbonyl (C=O) groups excluding carboxylic acids is 1. The second-order valence-electron chi connectivity index (χ2n) is 5.03. The number of nitrogens with zero attached hydrogens (tertiary/aromatic N) is 2. The molecule has 1 unspecified atom stereocenters. The number of urea groups is 1. The molecule has 6 nitrogen and oxygen atoms in total. The van der Waals surface area contributed by atoms with Crippen LogP contribution in [0.15, 0.2) is 0 Å². The average Bonchev–Trinajstić information content (AvgIpc) is 2.42. The van der Waals surface area contributed by atoms with Gasteiger partial charge in [0.05, 0.1) is 0 Å². The van der Waals surface area contributed by atoms with E-state index in [1.54, 1.807) is 11.9 Å². The molecule has 0 aliphatic carbocycles. The van der Waals surface area contributed by atoms with E-state index in [1.807, 2.05) is 0 Å². The Morgan fingerprint density at radius 1 is 1.26 bits per heavy atom. The third kappa shape index (κ3) is 4.70. The van der Waals surface area contributed by atoms with Crippen molar-refractivity contribution in [2.75, 3.05) is 26.7 Å². The van der Waals surface area contributed by atoms with Crippen LogP contribution < -0.4 is 0 Å². The number of carboxylic acids is 1. The molecular weight excluding hydrogens is 248 g/mol. The lowest BCUT2D eigenvalue weighted by Crippen LogP contribution is -2.52. The molecule has 0 aromatic rings. The summed E-state index contributed by atoms with van der Waals surface area (Å²) in [5.74, 6) is -0.915. The van der Waals surface area contributed by atoms with Gasteiger partial charge in [-0.25, -0.2) is 9.59 Å². The van der Waals surface area contributed by atoms with Crippen LogP contribution >= 0.6 is 0 Å². The van der Waals surface area contributed by atoms with Gasteiger partial charge in [-0.2, -0.15) is 0 Å². The van der Waals surface area contributed by atoms with Crippen LogP contribution in [0.5, 0.6) is 0 Å². The van der Waals surface area contributed by atoms with Crippen LogP contribution in [0.2, 0.25) is 0 Å². The molecule has 0 spiro atoms. The topological polar surface area (TPSA) is 81.1 Å². The number of piperidine rings is 1. The normalized spacial score (nSPS) is 19.3. The van der Waals surface area contributed by atoms with E-state index in [-0.39, 0.29) is 12.6 Å². The number of hydrogen-bond donors (Lipinski definition) is 2. The van der Waals surface area contributed by atoms with E-state index < -0.39 is 12.0 Å². The molecule has 0 aromatic carbocycles. The Morgan fingerprint density at radius 2 is 2.00 bits per heavy atom. The molecule has 1 saturated heterocycles. The first-order valence-electron chi connectivity index (χ1n) is 6.93. The highest BCUT2D eigenvalue weighted by Gasteiger charge is 2.33. The Balaban J connectivity index is 2.46. The third-order valence-corrected chi connectivity index (χ3v) is 3.51. The van der Waals surface area contributed by atoms with E-state index in [9.17, 15) is 9.59 Å². The van der Waals surface area contributed by atoms with E-state index >= 15 is 0 Å². The molecule has 6 heteroatoms. The van der Waals surface area contributed by atoms with Crippen molar-refractivity contribution in [2.45, 2.75) is 44.6 Å². The van der Waals surface area contributed by atoms with Crippen LogP contribution in [-0.4, -0.2) is 64.8 Å². The lowest BCUT2D eigenvalue weighted by atomic mass is 10.0. The summed E-state index contributed by atoms with van der Waals surface area (Å²) in [6.45, 7) is 1.29. The van der Waals surface area contributed by atoms with Gasteiger partial charge in [-0.05, 0) is 38.5 Å². The van der Waals surface area contributed by atoms with Crippen molar-refractivity contribution in [3.63, 3.8) is 0 Å². The minimum absolute atomic E-state index is 0.172. The quantitative estimate of drug-likeness (QED) is 0.710. The number of aliphatic carboxylic acids is 1. The summed E-state index contributed by atoms with van der Waals surface area (Å²) in [7, 11) is 1.70. The van der Waals surface area contributed by atoms with Gasteiger partial charge in [-0.3, -0.25) is 0 Å². The van der Waals surface area contributed by atoms with E-state index in [2.05, 4.69) is 0 Å². The van der Waals surface area contributed by atoms with Crippen LogP contribution in [0.3, 0.4) is 0 Å². The number of aliphatic hydroxyl groups excluding tert-OH is 1. The molecule has 2 N–H and O–H groups in total. The van der Waals surface area contributed by atoms with Crippen LogP contribution in [-0.2, 0) is 4.79 Å². The molecule has 1 atom stereocenters. The second kappa shape index (κ2) is 7.99. The van der Waals surface area contributed by atoms with Gasteiger partial charge in [0.1, 0.15) is 6.04 Å². The summed E-state index contributed by atoms with van der Waals surface area (Å²) in [4.78, 5) is 26.4. The van der Waals surface area contributed by atoms with Crippen molar-refractivity contribution in [1.29, 1.82) is 0 Å². The van der Waals surface area contributed by atoms with E-state index in [0.29, 0.717) is 19.5 Å². The van der Waals surface area contributed by atoms with Gasteiger partial charge in [0.15, 0.2) is 0 Å². The van der Waals surface area contributed by atoms with Gasteiger partial charge < -0.3 is 20.0 Å². The molecule has 0 aromatic heterocycles. The van der Waals surface area contributed by atoms with Gasteiger partial charge in [0.2, 0.25) is 0 Å². The molecule has 0 saturated carbocycles. The van der Waals surface area contributed by atoms with Gasteiger partial charge in [-0.15, -0.1) is 0 Å². The lowest BCUT2D eigenvalue weighted by Gasteiger charge is -2.35. The second-order valence-corrected chi connectivity index (χ2v) is 5.03. The van der Waals surface area contributed by atoms with Gasteiger partial charge in [-0.1, -0.05) is 0 Å². The number of unbranched alkanes of at least 4 members (excludes halogenated alkanes) is 2. The molecule has 110 valence electrons. The predicted octanol–water partition coefficient (Wildman–Crippen LogP) is 1.14. The number of rotatable bonds is 6. The molecule has 0 bridgehead atoms. The highest BCUT2D eigenvalue weighted by Crippen LogP contribution is 2.18. The first-order chi connectivity index (χ1) is 9.07. The minimum atomic E-state index is -0.915. The minimum Gasteiger partial charge on any atom is -0.480 e. The number of amides is 2. The van der Waals surface area contributed by atoms with Crippen LogP contribution in [0, 0.1) is 0 Å². The van der Waals surface area contributed by atoms with Crippen LogP contribution in [0.1, 0.15) is 38.5 Å². The first kappa shape index (κ1) is 15.8. The van der Waals surface area contributed by atoms with E-state index in [4.69, 9.17) is 10.2 Å². The Bertz CT molecular complexity index is 309. The summed E-state index contributed by atoms with van der Waals surface area (Å²) in [5.41, 5.74) is 0. The number of carbonyl (C=O) groups is 2. The summed E-state index contributed by atoms with van der Waals surface area (Å²) in [5, 5.41) is 17.8. The third-order valence-electron chi connectivity index (χ3n) is 3.51. The SMILES string of the molecule is CN(CCCCCO)C(=O)N1CCCCC1C(=O)O. The predicted molar refractivity (Wildman–Crippen MR) is 70.9 cm³/mol. The summed E-state index contributed by atoms with van der Waals surface area (Å²) in [6, 6.07) is -0.878. The molecule has 1 heterocycles. The fourth-order valence-corrected chi connectivity index (χ4v) is 2.37. The van der Waals surface area contributed by atoms with Crippen LogP contribution in [0.25, 0.3) is 0 Å².